The van der Waals surface area contributed by atoms with Crippen LogP contribution in [0.5, 0.6) is 0 Å². The van der Waals surface area contributed by atoms with Crippen LogP contribution in [0.15, 0.2) is 24.3 Å². The fraction of sp³-hybridized carbons (Fsp3) is 0.556. The lowest BCUT2D eigenvalue weighted by atomic mass is 10.1. The molecule has 1 unspecified atom stereocenters. The van der Waals surface area contributed by atoms with Crippen LogP contribution >= 0.6 is 0 Å². The molecule has 0 radical (unpaired) electrons. The van der Waals surface area contributed by atoms with Gasteiger partial charge in [0.05, 0.1) is 11.5 Å². The van der Waals surface area contributed by atoms with E-state index in [1.54, 1.807) is 29.2 Å². The molecule has 1 fully saturated rings. The van der Waals surface area contributed by atoms with Crippen molar-refractivity contribution in [2.45, 2.75) is 33.2 Å². The van der Waals surface area contributed by atoms with Crippen molar-refractivity contribution < 1.29 is 18.0 Å². The van der Waals surface area contributed by atoms with E-state index in [1.807, 2.05) is 20.8 Å². The Labute approximate surface area is 149 Å². The van der Waals surface area contributed by atoms with Gasteiger partial charge in [0.2, 0.25) is 0 Å². The summed E-state index contributed by atoms with van der Waals surface area (Å²) < 4.78 is 23.3. The predicted molar refractivity (Wildman–Crippen MR) is 97.4 cm³/mol. The summed E-state index contributed by atoms with van der Waals surface area (Å²) in [4.78, 5) is 26.3. The zero-order valence-corrected chi connectivity index (χ0v) is 15.8. The van der Waals surface area contributed by atoms with Gasteiger partial charge in [-0.15, -0.1) is 0 Å². The fourth-order valence-corrected chi connectivity index (χ4v) is 4.65. The first-order valence-corrected chi connectivity index (χ1v) is 10.4. The van der Waals surface area contributed by atoms with Gasteiger partial charge in [0.1, 0.15) is 0 Å². The minimum absolute atomic E-state index is 0.0300. The fourth-order valence-electron chi connectivity index (χ4n) is 2.92. The van der Waals surface area contributed by atoms with Crippen molar-refractivity contribution in [1.29, 1.82) is 0 Å². The molecule has 7 heteroatoms. The van der Waals surface area contributed by atoms with Crippen molar-refractivity contribution in [3.63, 3.8) is 0 Å². The predicted octanol–water partition coefficient (Wildman–Crippen LogP) is 1.72. The second-order valence-electron chi connectivity index (χ2n) is 6.83. The lowest BCUT2D eigenvalue weighted by Gasteiger charge is -2.27. The molecule has 0 saturated carbocycles. The average molecular weight is 366 g/mol. The van der Waals surface area contributed by atoms with Crippen LogP contribution in [0.1, 0.15) is 47.9 Å². The molecule has 0 spiro atoms. The molecule has 0 aromatic heterocycles. The summed E-state index contributed by atoms with van der Waals surface area (Å²) in [7, 11) is -3.04. The summed E-state index contributed by atoms with van der Waals surface area (Å²) in [6.45, 7) is 6.93. The van der Waals surface area contributed by atoms with Crippen LogP contribution in [0.4, 0.5) is 0 Å². The number of amides is 2. The van der Waals surface area contributed by atoms with E-state index in [1.165, 1.54) is 0 Å². The van der Waals surface area contributed by atoms with E-state index in [0.717, 1.165) is 0 Å². The largest absolute Gasteiger partial charge is 0.352 e. The van der Waals surface area contributed by atoms with Crippen LogP contribution in [-0.2, 0) is 9.84 Å². The van der Waals surface area contributed by atoms with Crippen LogP contribution in [0.25, 0.3) is 0 Å². The molecule has 0 bridgehead atoms. The molecule has 25 heavy (non-hydrogen) atoms. The Hall–Kier alpha value is -1.89. The monoisotopic (exact) mass is 366 g/mol. The first-order valence-electron chi connectivity index (χ1n) is 8.63. The number of rotatable bonds is 6. The Kier molecular flexibility index (Phi) is 6.21. The standard InChI is InChI=1S/C18H26N2O4S/c1-4-20(16-9-10-25(23,24)12-16)18(22)15-7-5-14(6-8-15)17(21)19-11-13(2)3/h5-8,13,16H,4,9-12H2,1-3H3,(H,19,21). The molecule has 1 heterocycles. The van der Waals surface area contributed by atoms with Gasteiger partial charge < -0.3 is 10.2 Å². The van der Waals surface area contributed by atoms with Crippen LogP contribution in [0.2, 0.25) is 0 Å². The number of hydrogen-bond acceptors (Lipinski definition) is 4. The molecule has 1 aliphatic heterocycles. The molecule has 1 saturated heterocycles. The topological polar surface area (TPSA) is 83.6 Å². The average Bonchev–Trinajstić information content (AvgIpc) is 2.93. The third-order valence-corrected chi connectivity index (χ3v) is 6.07. The zero-order chi connectivity index (χ0) is 18.6. The number of nitrogens with one attached hydrogen (secondary N) is 1. The molecule has 1 N–H and O–H groups in total. The Morgan fingerprint density at radius 3 is 2.28 bits per heavy atom. The maximum absolute atomic E-state index is 12.7. The van der Waals surface area contributed by atoms with Gasteiger partial charge in [-0.25, -0.2) is 8.42 Å². The Bertz CT molecular complexity index is 726. The van der Waals surface area contributed by atoms with Crippen molar-refractivity contribution >= 4 is 21.7 Å². The normalized spacial score (nSPS) is 19.0. The summed E-state index contributed by atoms with van der Waals surface area (Å²) in [5.41, 5.74) is 0.968. The van der Waals surface area contributed by atoms with Crippen molar-refractivity contribution in [3.05, 3.63) is 35.4 Å². The molecule has 1 atom stereocenters. The molecule has 1 aliphatic rings. The number of carbonyl (C=O) groups is 2. The molecule has 1 aromatic carbocycles. The van der Waals surface area contributed by atoms with Gasteiger partial charge in [-0.2, -0.15) is 0 Å². The third kappa shape index (κ3) is 5.04. The van der Waals surface area contributed by atoms with E-state index < -0.39 is 9.84 Å². The van der Waals surface area contributed by atoms with Crippen molar-refractivity contribution in [2.24, 2.45) is 5.92 Å². The van der Waals surface area contributed by atoms with Gasteiger partial charge in [-0.1, -0.05) is 13.8 Å². The van der Waals surface area contributed by atoms with Crippen molar-refractivity contribution in [2.75, 3.05) is 24.6 Å². The maximum Gasteiger partial charge on any atom is 0.254 e. The summed E-state index contributed by atoms with van der Waals surface area (Å²) in [6.07, 6.45) is 0.484. The summed E-state index contributed by atoms with van der Waals surface area (Å²) >= 11 is 0. The van der Waals surface area contributed by atoms with Gasteiger partial charge in [-0.05, 0) is 43.5 Å². The second kappa shape index (κ2) is 7.99. The Balaban J connectivity index is 2.07. The number of sulfone groups is 1. The second-order valence-corrected chi connectivity index (χ2v) is 9.06. The SMILES string of the molecule is CCN(C(=O)c1ccc(C(=O)NCC(C)C)cc1)C1CCS(=O)(=O)C1. The highest BCUT2D eigenvalue weighted by Crippen LogP contribution is 2.20. The Morgan fingerprint density at radius 2 is 1.80 bits per heavy atom. The van der Waals surface area contributed by atoms with E-state index in [9.17, 15) is 18.0 Å². The number of carbonyl (C=O) groups excluding carboxylic acids is 2. The zero-order valence-electron chi connectivity index (χ0n) is 15.0. The van der Waals surface area contributed by atoms with Crippen LogP contribution in [0.3, 0.4) is 0 Å². The highest BCUT2D eigenvalue weighted by atomic mass is 32.2. The van der Waals surface area contributed by atoms with E-state index >= 15 is 0 Å². The van der Waals surface area contributed by atoms with Gasteiger partial charge >= 0.3 is 0 Å². The molecule has 2 rings (SSSR count). The van der Waals surface area contributed by atoms with Crippen LogP contribution < -0.4 is 5.32 Å². The van der Waals surface area contributed by atoms with E-state index in [4.69, 9.17) is 0 Å². The molecular formula is C18H26N2O4S. The van der Waals surface area contributed by atoms with E-state index in [2.05, 4.69) is 5.32 Å². The molecule has 0 aliphatic carbocycles. The minimum atomic E-state index is -3.04. The maximum atomic E-state index is 12.7. The van der Waals surface area contributed by atoms with Gasteiger partial charge in [0.25, 0.3) is 11.8 Å². The number of nitrogens with zero attached hydrogens (tertiary/aromatic N) is 1. The highest BCUT2D eigenvalue weighted by molar-refractivity contribution is 7.91. The first-order chi connectivity index (χ1) is 11.7. The first kappa shape index (κ1) is 19.4. The highest BCUT2D eigenvalue weighted by Gasteiger charge is 2.34. The Morgan fingerprint density at radius 1 is 1.20 bits per heavy atom. The summed E-state index contributed by atoms with van der Waals surface area (Å²) in [5, 5.41) is 2.83. The van der Waals surface area contributed by atoms with Crippen molar-refractivity contribution in [3.8, 4) is 0 Å². The van der Waals surface area contributed by atoms with Gasteiger partial charge in [-0.3, -0.25) is 9.59 Å². The lowest BCUT2D eigenvalue weighted by molar-refractivity contribution is 0.0708. The van der Waals surface area contributed by atoms with Gasteiger partial charge in [0.15, 0.2) is 9.84 Å². The van der Waals surface area contributed by atoms with Crippen LogP contribution in [0, 0.1) is 5.92 Å². The lowest BCUT2D eigenvalue weighted by Crippen LogP contribution is -2.41. The number of benzene rings is 1. The minimum Gasteiger partial charge on any atom is -0.352 e. The molecule has 6 nitrogen and oxygen atoms in total. The quantitative estimate of drug-likeness (QED) is 0.831. The van der Waals surface area contributed by atoms with Crippen LogP contribution in [-0.4, -0.2) is 55.8 Å². The summed E-state index contributed by atoms with van der Waals surface area (Å²) in [5.74, 6) is 0.171. The molecule has 138 valence electrons. The van der Waals surface area contributed by atoms with E-state index in [0.29, 0.717) is 36.6 Å². The number of hydrogen-bond donors (Lipinski definition) is 1. The third-order valence-electron chi connectivity index (χ3n) is 4.32. The van der Waals surface area contributed by atoms with Gasteiger partial charge in [0, 0.05) is 30.3 Å². The molecule has 2 amide bonds. The molecular weight excluding hydrogens is 340 g/mol. The summed E-state index contributed by atoms with van der Waals surface area (Å²) in [6, 6.07) is 6.23. The smallest absolute Gasteiger partial charge is 0.254 e. The molecule has 1 aromatic rings. The van der Waals surface area contributed by atoms with Crippen molar-refractivity contribution in [1.82, 2.24) is 10.2 Å². The van der Waals surface area contributed by atoms with E-state index in [-0.39, 0.29) is 29.4 Å².